The standard InChI is InChI=1S/C16H19FN2O3/c17-12-3-5-13(6-4-12)19-15(21)8-7-14(20)18-11-16(22)9-1-2-10-16/h3-8,22H,1-2,9-11H2,(H,18,20)(H,19,21)/b8-7+. The fourth-order valence-corrected chi connectivity index (χ4v) is 2.39. The van der Waals surface area contributed by atoms with Gasteiger partial charge in [-0.2, -0.15) is 0 Å². The number of halogens is 1. The summed E-state index contributed by atoms with van der Waals surface area (Å²) in [6.45, 7) is 0.190. The van der Waals surface area contributed by atoms with Gasteiger partial charge in [0.15, 0.2) is 0 Å². The molecule has 0 atom stereocenters. The van der Waals surface area contributed by atoms with Crippen LogP contribution in [0.3, 0.4) is 0 Å². The molecule has 0 saturated heterocycles. The van der Waals surface area contributed by atoms with E-state index < -0.39 is 23.2 Å². The second-order valence-corrected chi connectivity index (χ2v) is 5.48. The molecular weight excluding hydrogens is 287 g/mol. The van der Waals surface area contributed by atoms with E-state index in [4.69, 9.17) is 0 Å². The minimum atomic E-state index is -0.820. The average molecular weight is 306 g/mol. The number of amides is 2. The van der Waals surface area contributed by atoms with Crippen molar-refractivity contribution in [2.75, 3.05) is 11.9 Å². The predicted octanol–water partition coefficient (Wildman–Crippen LogP) is 1.74. The lowest BCUT2D eigenvalue weighted by Crippen LogP contribution is -2.40. The Morgan fingerprint density at radius 3 is 2.36 bits per heavy atom. The van der Waals surface area contributed by atoms with Crippen LogP contribution in [-0.2, 0) is 9.59 Å². The molecule has 0 aliphatic heterocycles. The number of hydrogen-bond donors (Lipinski definition) is 3. The normalized spacial score (nSPS) is 16.6. The van der Waals surface area contributed by atoms with Crippen LogP contribution in [0.1, 0.15) is 25.7 Å². The molecule has 1 aliphatic rings. The van der Waals surface area contributed by atoms with Gasteiger partial charge in [0, 0.05) is 24.4 Å². The summed E-state index contributed by atoms with van der Waals surface area (Å²) in [4.78, 5) is 23.2. The first kappa shape index (κ1) is 16.2. The lowest BCUT2D eigenvalue weighted by atomic mass is 10.0. The number of nitrogens with one attached hydrogen (secondary N) is 2. The molecule has 5 nitrogen and oxygen atoms in total. The quantitative estimate of drug-likeness (QED) is 0.725. The first-order valence-corrected chi connectivity index (χ1v) is 7.22. The lowest BCUT2D eigenvalue weighted by Gasteiger charge is -2.21. The maximum Gasteiger partial charge on any atom is 0.248 e. The van der Waals surface area contributed by atoms with Gasteiger partial charge in [0.2, 0.25) is 11.8 Å². The SMILES string of the molecule is O=C(/C=C/C(=O)Nc1ccc(F)cc1)NCC1(O)CCCC1. The first-order valence-electron chi connectivity index (χ1n) is 7.22. The van der Waals surface area contributed by atoms with Crippen LogP contribution < -0.4 is 10.6 Å². The highest BCUT2D eigenvalue weighted by Gasteiger charge is 2.30. The van der Waals surface area contributed by atoms with E-state index in [1.54, 1.807) is 0 Å². The Morgan fingerprint density at radius 2 is 1.73 bits per heavy atom. The summed E-state index contributed by atoms with van der Waals surface area (Å²) in [7, 11) is 0. The van der Waals surface area contributed by atoms with Crippen molar-refractivity contribution >= 4 is 17.5 Å². The van der Waals surface area contributed by atoms with E-state index in [-0.39, 0.29) is 6.54 Å². The average Bonchev–Trinajstić information content (AvgIpc) is 2.93. The Balaban J connectivity index is 1.76. The number of carbonyl (C=O) groups excluding carboxylic acids is 2. The number of anilines is 1. The third kappa shape index (κ3) is 4.96. The molecule has 22 heavy (non-hydrogen) atoms. The Morgan fingerprint density at radius 1 is 1.14 bits per heavy atom. The van der Waals surface area contributed by atoms with Gasteiger partial charge < -0.3 is 15.7 Å². The molecule has 0 spiro atoms. The van der Waals surface area contributed by atoms with Crippen LogP contribution >= 0.6 is 0 Å². The molecule has 0 heterocycles. The zero-order chi connectivity index (χ0) is 16.0. The summed E-state index contributed by atoms with van der Waals surface area (Å²) in [5.74, 6) is -1.31. The Labute approximate surface area is 128 Å². The van der Waals surface area contributed by atoms with E-state index in [2.05, 4.69) is 10.6 Å². The van der Waals surface area contributed by atoms with Crippen LogP contribution in [0.15, 0.2) is 36.4 Å². The molecule has 1 saturated carbocycles. The van der Waals surface area contributed by atoms with Crippen molar-refractivity contribution in [2.24, 2.45) is 0 Å². The molecule has 0 bridgehead atoms. The second kappa shape index (κ2) is 7.17. The van der Waals surface area contributed by atoms with E-state index in [1.165, 1.54) is 24.3 Å². The summed E-state index contributed by atoms with van der Waals surface area (Å²) < 4.78 is 12.7. The summed E-state index contributed by atoms with van der Waals surface area (Å²) in [6.07, 6.45) is 5.49. The number of hydrogen-bond acceptors (Lipinski definition) is 3. The first-order chi connectivity index (χ1) is 10.5. The molecule has 1 aromatic rings. The van der Waals surface area contributed by atoms with Crippen LogP contribution in [0.25, 0.3) is 0 Å². The number of carbonyl (C=O) groups is 2. The maximum absolute atomic E-state index is 12.7. The Bertz CT molecular complexity index is 563. The van der Waals surface area contributed by atoms with Crippen molar-refractivity contribution in [3.05, 3.63) is 42.2 Å². The number of rotatable bonds is 5. The van der Waals surface area contributed by atoms with Crippen molar-refractivity contribution < 1.29 is 19.1 Å². The molecule has 0 aromatic heterocycles. The fraction of sp³-hybridized carbons (Fsp3) is 0.375. The summed E-state index contributed by atoms with van der Waals surface area (Å²) in [5, 5.41) is 15.2. The van der Waals surface area contributed by atoms with Crippen molar-refractivity contribution in [2.45, 2.75) is 31.3 Å². The van der Waals surface area contributed by atoms with Gasteiger partial charge in [-0.05, 0) is 37.1 Å². The second-order valence-electron chi connectivity index (χ2n) is 5.48. The summed E-state index contributed by atoms with van der Waals surface area (Å²) in [6, 6.07) is 5.32. The highest BCUT2D eigenvalue weighted by Crippen LogP contribution is 2.28. The molecule has 6 heteroatoms. The van der Waals surface area contributed by atoms with Gasteiger partial charge >= 0.3 is 0 Å². The van der Waals surface area contributed by atoms with E-state index in [0.717, 1.165) is 25.0 Å². The molecule has 3 N–H and O–H groups in total. The third-order valence-corrected chi connectivity index (χ3v) is 3.62. The summed E-state index contributed by atoms with van der Waals surface area (Å²) >= 11 is 0. The molecule has 1 aromatic carbocycles. The van der Waals surface area contributed by atoms with E-state index in [1.807, 2.05) is 0 Å². The number of benzene rings is 1. The molecule has 118 valence electrons. The van der Waals surface area contributed by atoms with Crippen molar-refractivity contribution in [3.63, 3.8) is 0 Å². The van der Waals surface area contributed by atoms with Crippen molar-refractivity contribution in [1.82, 2.24) is 5.32 Å². The smallest absolute Gasteiger partial charge is 0.248 e. The zero-order valence-electron chi connectivity index (χ0n) is 12.1. The van der Waals surface area contributed by atoms with Gasteiger partial charge in [-0.25, -0.2) is 4.39 Å². The molecule has 1 fully saturated rings. The van der Waals surface area contributed by atoms with Crippen LogP contribution in [0, 0.1) is 5.82 Å². The van der Waals surface area contributed by atoms with Gasteiger partial charge in [0.1, 0.15) is 5.82 Å². The molecule has 2 amide bonds. The van der Waals surface area contributed by atoms with Crippen molar-refractivity contribution in [3.8, 4) is 0 Å². The zero-order valence-corrected chi connectivity index (χ0v) is 12.1. The van der Waals surface area contributed by atoms with E-state index in [9.17, 15) is 19.1 Å². The highest BCUT2D eigenvalue weighted by molar-refractivity contribution is 6.03. The largest absolute Gasteiger partial charge is 0.388 e. The van der Waals surface area contributed by atoms with Crippen LogP contribution in [0.5, 0.6) is 0 Å². The minimum absolute atomic E-state index is 0.190. The van der Waals surface area contributed by atoms with Gasteiger partial charge in [-0.15, -0.1) is 0 Å². The van der Waals surface area contributed by atoms with E-state index >= 15 is 0 Å². The van der Waals surface area contributed by atoms with Crippen LogP contribution in [0.2, 0.25) is 0 Å². The van der Waals surface area contributed by atoms with Crippen LogP contribution in [0.4, 0.5) is 10.1 Å². The fourth-order valence-electron chi connectivity index (χ4n) is 2.39. The summed E-state index contributed by atoms with van der Waals surface area (Å²) in [5.41, 5.74) is -0.378. The Kier molecular flexibility index (Phi) is 5.27. The third-order valence-electron chi connectivity index (χ3n) is 3.62. The molecule has 0 unspecified atom stereocenters. The Hall–Kier alpha value is -2.21. The van der Waals surface area contributed by atoms with Gasteiger partial charge in [0.25, 0.3) is 0 Å². The van der Waals surface area contributed by atoms with Crippen molar-refractivity contribution in [1.29, 1.82) is 0 Å². The van der Waals surface area contributed by atoms with E-state index in [0.29, 0.717) is 18.5 Å². The van der Waals surface area contributed by atoms with Gasteiger partial charge in [-0.1, -0.05) is 12.8 Å². The van der Waals surface area contributed by atoms with Gasteiger partial charge in [0.05, 0.1) is 5.60 Å². The molecule has 1 aliphatic carbocycles. The monoisotopic (exact) mass is 306 g/mol. The topological polar surface area (TPSA) is 78.4 Å². The van der Waals surface area contributed by atoms with Crippen LogP contribution in [-0.4, -0.2) is 29.1 Å². The molecule has 2 rings (SSSR count). The molecule has 0 radical (unpaired) electrons. The lowest BCUT2D eigenvalue weighted by molar-refractivity contribution is -0.118. The predicted molar refractivity (Wildman–Crippen MR) is 80.6 cm³/mol. The minimum Gasteiger partial charge on any atom is -0.388 e. The number of aliphatic hydroxyl groups is 1. The molecular formula is C16H19FN2O3. The van der Waals surface area contributed by atoms with Gasteiger partial charge in [-0.3, -0.25) is 9.59 Å². The maximum atomic E-state index is 12.7. The highest BCUT2D eigenvalue weighted by atomic mass is 19.1.